The van der Waals surface area contributed by atoms with Gasteiger partial charge < -0.3 is 28.2 Å². The van der Waals surface area contributed by atoms with Gasteiger partial charge in [-0.15, -0.1) is 0 Å². The van der Waals surface area contributed by atoms with Gasteiger partial charge in [0.2, 0.25) is 0 Å². The van der Waals surface area contributed by atoms with E-state index < -0.39 is 7.37 Å². The standard InChI is InChI=1S/C22H29O7P/c1-2-29-30(23)21-9-5-3-7-19(21)27-17-15-25-13-11-24-12-14-26-16-18-28-20-8-4-6-10-22(20)30/h3-10H,2,11-18H2,1H3. The van der Waals surface area contributed by atoms with Crippen molar-refractivity contribution in [2.45, 2.75) is 6.92 Å². The number of hydrogen-bond acceptors (Lipinski definition) is 7. The fourth-order valence-electron chi connectivity index (χ4n) is 3.06. The molecule has 0 saturated carbocycles. The van der Waals surface area contributed by atoms with Crippen molar-refractivity contribution >= 4 is 18.0 Å². The first-order chi connectivity index (χ1) is 14.8. The Morgan fingerprint density at radius 1 is 0.700 bits per heavy atom. The second kappa shape index (κ2) is 12.1. The quantitative estimate of drug-likeness (QED) is 0.671. The van der Waals surface area contributed by atoms with Crippen LogP contribution in [-0.2, 0) is 23.3 Å². The highest BCUT2D eigenvalue weighted by Gasteiger charge is 2.34. The summed E-state index contributed by atoms with van der Waals surface area (Å²) in [5.74, 6) is 1.02. The molecular weight excluding hydrogens is 407 g/mol. The normalized spacial score (nSPS) is 18.6. The largest absolute Gasteiger partial charge is 0.490 e. The molecule has 0 unspecified atom stereocenters. The Morgan fingerprint density at radius 2 is 1.10 bits per heavy atom. The van der Waals surface area contributed by atoms with Gasteiger partial charge in [0, 0.05) is 0 Å². The van der Waals surface area contributed by atoms with Gasteiger partial charge in [-0.2, -0.15) is 0 Å². The summed E-state index contributed by atoms with van der Waals surface area (Å²) in [4.78, 5) is 0. The van der Waals surface area contributed by atoms with Crippen molar-refractivity contribution in [2.75, 3.05) is 59.5 Å². The monoisotopic (exact) mass is 436 g/mol. The molecule has 0 radical (unpaired) electrons. The summed E-state index contributed by atoms with van der Waals surface area (Å²) in [6.45, 7) is 5.47. The van der Waals surface area contributed by atoms with Gasteiger partial charge >= 0.3 is 0 Å². The smallest absolute Gasteiger partial charge is 0.268 e. The molecule has 8 heteroatoms. The molecule has 1 heterocycles. The van der Waals surface area contributed by atoms with Crippen LogP contribution in [0.25, 0.3) is 0 Å². The van der Waals surface area contributed by atoms with Crippen molar-refractivity contribution in [3.63, 3.8) is 0 Å². The summed E-state index contributed by atoms with van der Waals surface area (Å²) in [7, 11) is -3.46. The molecule has 30 heavy (non-hydrogen) atoms. The van der Waals surface area contributed by atoms with Crippen LogP contribution in [0.5, 0.6) is 11.5 Å². The summed E-state index contributed by atoms with van der Waals surface area (Å²) in [6.07, 6.45) is 0. The molecule has 1 aliphatic rings. The van der Waals surface area contributed by atoms with Gasteiger partial charge in [-0.3, -0.25) is 4.57 Å². The van der Waals surface area contributed by atoms with Crippen LogP contribution in [0.2, 0.25) is 0 Å². The van der Waals surface area contributed by atoms with Gasteiger partial charge in [-0.25, -0.2) is 0 Å². The Balaban J connectivity index is 1.94. The highest BCUT2D eigenvalue weighted by Crippen LogP contribution is 2.49. The van der Waals surface area contributed by atoms with E-state index in [1.807, 2.05) is 31.2 Å². The molecule has 7 nitrogen and oxygen atoms in total. The van der Waals surface area contributed by atoms with E-state index in [1.165, 1.54) is 0 Å². The van der Waals surface area contributed by atoms with Crippen molar-refractivity contribution in [3.8, 4) is 11.5 Å². The molecule has 0 bridgehead atoms. The summed E-state index contributed by atoms with van der Waals surface area (Å²) < 4.78 is 48.5. The van der Waals surface area contributed by atoms with Crippen LogP contribution in [0.4, 0.5) is 0 Å². The second-order valence-corrected chi connectivity index (χ2v) is 8.76. The zero-order valence-corrected chi connectivity index (χ0v) is 18.2. The molecular formula is C22H29O7P. The van der Waals surface area contributed by atoms with Crippen molar-refractivity contribution in [1.29, 1.82) is 0 Å². The van der Waals surface area contributed by atoms with Gasteiger partial charge in [-0.1, -0.05) is 24.3 Å². The van der Waals surface area contributed by atoms with Crippen molar-refractivity contribution in [3.05, 3.63) is 48.5 Å². The van der Waals surface area contributed by atoms with E-state index in [0.29, 0.717) is 75.0 Å². The van der Waals surface area contributed by atoms with E-state index in [-0.39, 0.29) is 6.61 Å². The summed E-state index contributed by atoms with van der Waals surface area (Å²) >= 11 is 0. The zero-order chi connectivity index (χ0) is 21.1. The first-order valence-corrected chi connectivity index (χ1v) is 11.8. The minimum Gasteiger partial charge on any atom is -0.490 e. The molecule has 164 valence electrons. The van der Waals surface area contributed by atoms with Crippen LogP contribution >= 0.6 is 7.37 Å². The maximum Gasteiger partial charge on any atom is 0.268 e. The Bertz CT molecular complexity index is 765. The van der Waals surface area contributed by atoms with Crippen LogP contribution in [0, 0.1) is 0 Å². The maximum absolute atomic E-state index is 14.2. The first kappa shape index (κ1) is 22.8. The number of rotatable bonds is 2. The first-order valence-electron chi connectivity index (χ1n) is 10.2. The maximum atomic E-state index is 14.2. The lowest BCUT2D eigenvalue weighted by Crippen LogP contribution is -2.24. The van der Waals surface area contributed by atoms with Gasteiger partial charge in [0.05, 0.1) is 56.9 Å². The molecule has 0 fully saturated rings. The van der Waals surface area contributed by atoms with E-state index >= 15 is 0 Å². The summed E-state index contributed by atoms with van der Waals surface area (Å²) in [5, 5.41) is 1.01. The highest BCUT2D eigenvalue weighted by atomic mass is 31.2. The average Bonchev–Trinajstić information content (AvgIpc) is 2.77. The second-order valence-electron chi connectivity index (χ2n) is 6.44. The van der Waals surface area contributed by atoms with E-state index in [9.17, 15) is 4.57 Å². The Hall–Kier alpha value is -1.89. The number of hydrogen-bond donors (Lipinski definition) is 0. The molecule has 0 spiro atoms. The van der Waals surface area contributed by atoms with Crippen LogP contribution < -0.4 is 20.1 Å². The minimum atomic E-state index is -3.46. The third kappa shape index (κ3) is 6.06. The van der Waals surface area contributed by atoms with E-state index in [2.05, 4.69) is 0 Å². The molecule has 3 rings (SSSR count). The molecule has 0 atom stereocenters. The predicted molar refractivity (Wildman–Crippen MR) is 115 cm³/mol. The molecule has 0 amide bonds. The Kier molecular flexibility index (Phi) is 9.18. The van der Waals surface area contributed by atoms with Crippen LogP contribution in [0.15, 0.2) is 48.5 Å². The molecule has 1 aliphatic heterocycles. The molecule has 0 aromatic heterocycles. The average molecular weight is 436 g/mol. The number of fused-ring (bicyclic) bond motifs is 2. The number of para-hydroxylation sites is 2. The molecule has 2 aromatic carbocycles. The van der Waals surface area contributed by atoms with Crippen molar-refractivity contribution < 1.29 is 32.8 Å². The molecule has 0 N–H and O–H groups in total. The zero-order valence-electron chi connectivity index (χ0n) is 17.3. The molecule has 0 saturated heterocycles. The fraction of sp³-hybridized carbons (Fsp3) is 0.455. The lowest BCUT2D eigenvalue weighted by molar-refractivity contribution is 0.00504. The van der Waals surface area contributed by atoms with Crippen LogP contribution in [0.3, 0.4) is 0 Å². The Morgan fingerprint density at radius 3 is 1.53 bits per heavy atom. The van der Waals surface area contributed by atoms with E-state index in [1.54, 1.807) is 24.3 Å². The fourth-order valence-corrected chi connectivity index (χ4v) is 5.38. The topological polar surface area (TPSA) is 72.5 Å². The van der Waals surface area contributed by atoms with Crippen LogP contribution in [0.1, 0.15) is 6.92 Å². The minimum absolute atomic E-state index is 0.284. The number of benzene rings is 2. The molecule has 0 aliphatic carbocycles. The lowest BCUT2D eigenvalue weighted by atomic mass is 10.3. The van der Waals surface area contributed by atoms with Gasteiger partial charge in [0.25, 0.3) is 7.37 Å². The van der Waals surface area contributed by atoms with Gasteiger partial charge in [-0.05, 0) is 31.2 Å². The summed E-state index contributed by atoms with van der Waals surface area (Å²) in [5.41, 5.74) is 0. The third-order valence-corrected chi connectivity index (χ3v) is 7.02. The van der Waals surface area contributed by atoms with E-state index in [0.717, 1.165) is 0 Å². The van der Waals surface area contributed by atoms with Gasteiger partial charge in [0.15, 0.2) is 0 Å². The van der Waals surface area contributed by atoms with E-state index in [4.69, 9.17) is 28.2 Å². The van der Waals surface area contributed by atoms with Gasteiger partial charge in [0.1, 0.15) is 24.7 Å². The SMILES string of the molecule is CCOP1(=O)c2ccccc2OCCOCCOCCOCCOc2ccccc21. The third-order valence-electron chi connectivity index (χ3n) is 4.39. The highest BCUT2D eigenvalue weighted by molar-refractivity contribution is 7.74. The number of ether oxygens (including phenoxy) is 5. The van der Waals surface area contributed by atoms with Crippen molar-refractivity contribution in [1.82, 2.24) is 0 Å². The Labute approximate surface area is 177 Å². The molecule has 2 aromatic rings. The summed E-state index contributed by atoms with van der Waals surface area (Å²) in [6, 6.07) is 14.5. The lowest BCUT2D eigenvalue weighted by Gasteiger charge is -2.23. The predicted octanol–water partition coefficient (Wildman–Crippen LogP) is 2.77. The van der Waals surface area contributed by atoms with Crippen molar-refractivity contribution in [2.24, 2.45) is 0 Å². The van der Waals surface area contributed by atoms with Crippen LogP contribution in [-0.4, -0.2) is 59.5 Å².